The predicted molar refractivity (Wildman–Crippen MR) is 121 cm³/mol. The Kier molecular flexibility index (Phi) is 5.96. The van der Waals surface area contributed by atoms with E-state index < -0.39 is 10.0 Å². The molecule has 2 aromatic carbocycles. The van der Waals surface area contributed by atoms with Gasteiger partial charge in [0.05, 0.1) is 10.6 Å². The molecule has 0 bridgehead atoms. The molecule has 9 heteroatoms. The zero-order valence-corrected chi connectivity index (χ0v) is 19.2. The molecule has 2 N–H and O–H groups in total. The quantitative estimate of drug-likeness (QED) is 0.734. The van der Waals surface area contributed by atoms with Crippen molar-refractivity contribution in [2.24, 2.45) is 5.92 Å². The first-order valence-corrected chi connectivity index (χ1v) is 12.0. The molecule has 0 aromatic heterocycles. The highest BCUT2D eigenvalue weighted by Crippen LogP contribution is 2.35. The van der Waals surface area contributed by atoms with Crippen molar-refractivity contribution in [1.29, 1.82) is 0 Å². The van der Waals surface area contributed by atoms with Crippen LogP contribution in [0.5, 0.6) is 5.75 Å². The normalized spacial score (nSPS) is 17.3. The molecule has 0 unspecified atom stereocenters. The molecular formula is C23H27N3O5S. The van der Waals surface area contributed by atoms with Crippen molar-refractivity contribution in [2.75, 3.05) is 30.3 Å². The van der Waals surface area contributed by atoms with Gasteiger partial charge in [-0.25, -0.2) is 8.42 Å². The number of aryl methyl sites for hydroxylation is 3. The second kappa shape index (κ2) is 8.55. The van der Waals surface area contributed by atoms with Crippen LogP contribution in [0.4, 0.5) is 11.4 Å². The number of sulfonamides is 1. The van der Waals surface area contributed by atoms with E-state index in [-0.39, 0.29) is 42.3 Å². The molecule has 8 nitrogen and oxygen atoms in total. The van der Waals surface area contributed by atoms with Gasteiger partial charge in [0.1, 0.15) is 5.75 Å². The van der Waals surface area contributed by atoms with Crippen LogP contribution in [0.15, 0.2) is 35.2 Å². The van der Waals surface area contributed by atoms with Crippen LogP contribution in [0, 0.1) is 26.7 Å². The molecule has 1 saturated heterocycles. The van der Waals surface area contributed by atoms with E-state index in [9.17, 15) is 18.0 Å². The van der Waals surface area contributed by atoms with Gasteiger partial charge in [0.15, 0.2) is 6.61 Å². The van der Waals surface area contributed by atoms with Gasteiger partial charge in [-0.1, -0.05) is 17.7 Å². The van der Waals surface area contributed by atoms with Crippen molar-refractivity contribution in [3.8, 4) is 5.75 Å². The van der Waals surface area contributed by atoms with Crippen molar-refractivity contribution in [3.63, 3.8) is 0 Å². The lowest BCUT2D eigenvalue weighted by Gasteiger charge is -2.31. The second-order valence-corrected chi connectivity index (χ2v) is 10.3. The SMILES string of the molecule is Cc1ccc(NC(=O)C2CCN(S(=O)(=O)c3cc4c(cc3C)NC(=O)CO4)CC2)c(C)c1. The Labute approximate surface area is 188 Å². The second-order valence-electron chi connectivity index (χ2n) is 8.44. The number of hydrogen-bond donors (Lipinski definition) is 2. The monoisotopic (exact) mass is 457 g/mol. The average Bonchev–Trinajstić information content (AvgIpc) is 2.75. The van der Waals surface area contributed by atoms with E-state index in [0.29, 0.717) is 29.8 Å². The van der Waals surface area contributed by atoms with Gasteiger partial charge in [-0.15, -0.1) is 0 Å². The molecule has 2 aliphatic rings. The minimum atomic E-state index is -3.75. The summed E-state index contributed by atoms with van der Waals surface area (Å²) in [6, 6.07) is 8.95. The number of piperidine rings is 1. The molecular weight excluding hydrogens is 430 g/mol. The molecule has 2 aliphatic heterocycles. The number of carbonyl (C=O) groups excluding carboxylic acids is 2. The maximum atomic E-state index is 13.3. The Balaban J connectivity index is 1.44. The zero-order chi connectivity index (χ0) is 23.0. The van der Waals surface area contributed by atoms with Crippen LogP contribution >= 0.6 is 0 Å². The summed E-state index contributed by atoms with van der Waals surface area (Å²) >= 11 is 0. The third-order valence-electron chi connectivity index (χ3n) is 5.99. The lowest BCUT2D eigenvalue weighted by Crippen LogP contribution is -2.41. The summed E-state index contributed by atoms with van der Waals surface area (Å²) < 4.78 is 33.4. The molecule has 2 amide bonds. The minimum absolute atomic E-state index is 0.0805. The molecule has 170 valence electrons. The highest BCUT2D eigenvalue weighted by molar-refractivity contribution is 7.89. The lowest BCUT2D eigenvalue weighted by atomic mass is 9.97. The summed E-state index contributed by atoms with van der Waals surface area (Å²) in [5.41, 5.74) is 3.92. The zero-order valence-electron chi connectivity index (χ0n) is 18.4. The van der Waals surface area contributed by atoms with Gasteiger partial charge in [0.2, 0.25) is 15.9 Å². The van der Waals surface area contributed by atoms with Crippen molar-refractivity contribution in [1.82, 2.24) is 4.31 Å². The fourth-order valence-electron chi connectivity index (χ4n) is 4.18. The summed E-state index contributed by atoms with van der Waals surface area (Å²) in [7, 11) is -3.75. The first-order valence-electron chi connectivity index (χ1n) is 10.6. The van der Waals surface area contributed by atoms with Gasteiger partial charge in [-0.05, 0) is 56.9 Å². The third kappa shape index (κ3) is 4.35. The van der Waals surface area contributed by atoms with Gasteiger partial charge < -0.3 is 15.4 Å². The van der Waals surface area contributed by atoms with Gasteiger partial charge in [0, 0.05) is 30.8 Å². The highest BCUT2D eigenvalue weighted by atomic mass is 32.2. The number of rotatable bonds is 4. The number of anilines is 2. The predicted octanol–water partition coefficient (Wildman–Crippen LogP) is 2.98. The average molecular weight is 458 g/mol. The number of benzene rings is 2. The van der Waals surface area contributed by atoms with Crippen molar-refractivity contribution in [3.05, 3.63) is 47.0 Å². The molecule has 0 atom stereocenters. The number of nitrogens with zero attached hydrogens (tertiary/aromatic N) is 1. The fraction of sp³-hybridized carbons (Fsp3) is 0.391. The third-order valence-corrected chi connectivity index (χ3v) is 8.03. The number of amides is 2. The Morgan fingerprint density at radius 3 is 2.50 bits per heavy atom. The van der Waals surface area contributed by atoms with Gasteiger partial charge >= 0.3 is 0 Å². The van der Waals surface area contributed by atoms with E-state index in [1.807, 2.05) is 32.0 Å². The van der Waals surface area contributed by atoms with Gasteiger partial charge in [-0.3, -0.25) is 9.59 Å². The molecule has 1 fully saturated rings. The number of carbonyl (C=O) groups is 2. The standard InChI is InChI=1S/C23H27N3O5S/c1-14-4-5-18(15(2)10-14)25-23(28)17-6-8-26(9-7-17)32(29,30)21-12-20-19(11-16(21)3)24-22(27)13-31-20/h4-5,10-12,17H,6-9,13H2,1-3H3,(H,24,27)(H,25,28). The van der Waals surface area contributed by atoms with Crippen LogP contribution in [-0.4, -0.2) is 44.2 Å². The van der Waals surface area contributed by atoms with E-state index >= 15 is 0 Å². The molecule has 0 radical (unpaired) electrons. The smallest absolute Gasteiger partial charge is 0.262 e. The van der Waals surface area contributed by atoms with E-state index in [2.05, 4.69) is 10.6 Å². The molecule has 0 spiro atoms. The van der Waals surface area contributed by atoms with E-state index in [1.54, 1.807) is 13.0 Å². The largest absolute Gasteiger partial charge is 0.482 e. The number of fused-ring (bicyclic) bond motifs is 1. The first kappa shape index (κ1) is 22.3. The minimum Gasteiger partial charge on any atom is -0.482 e. The van der Waals surface area contributed by atoms with Gasteiger partial charge in [0.25, 0.3) is 5.91 Å². The number of ether oxygens (including phenoxy) is 1. The molecule has 0 saturated carbocycles. The Hall–Kier alpha value is -2.91. The van der Waals surface area contributed by atoms with Crippen LogP contribution in [0.25, 0.3) is 0 Å². The van der Waals surface area contributed by atoms with E-state index in [4.69, 9.17) is 4.74 Å². The van der Waals surface area contributed by atoms with Crippen LogP contribution in [-0.2, 0) is 19.6 Å². The van der Waals surface area contributed by atoms with Crippen molar-refractivity contribution in [2.45, 2.75) is 38.5 Å². The topological polar surface area (TPSA) is 105 Å². The molecule has 2 heterocycles. The summed E-state index contributed by atoms with van der Waals surface area (Å²) in [6.07, 6.45) is 0.902. The molecule has 0 aliphatic carbocycles. The Bertz CT molecular complexity index is 1180. The summed E-state index contributed by atoms with van der Waals surface area (Å²) in [5.74, 6) is -0.251. The van der Waals surface area contributed by atoms with Crippen LogP contribution < -0.4 is 15.4 Å². The molecule has 2 aromatic rings. The lowest BCUT2D eigenvalue weighted by molar-refractivity contribution is -0.121. The maximum Gasteiger partial charge on any atom is 0.262 e. The molecule has 32 heavy (non-hydrogen) atoms. The highest BCUT2D eigenvalue weighted by Gasteiger charge is 2.34. The first-order chi connectivity index (χ1) is 15.1. The number of hydrogen-bond acceptors (Lipinski definition) is 5. The van der Waals surface area contributed by atoms with Crippen molar-refractivity contribution < 1.29 is 22.7 Å². The van der Waals surface area contributed by atoms with E-state index in [1.165, 1.54) is 10.4 Å². The Morgan fingerprint density at radius 2 is 1.81 bits per heavy atom. The summed E-state index contributed by atoms with van der Waals surface area (Å²) in [6.45, 7) is 6.03. The molecule has 4 rings (SSSR count). The maximum absolute atomic E-state index is 13.3. The Morgan fingerprint density at radius 1 is 1.09 bits per heavy atom. The van der Waals surface area contributed by atoms with Crippen LogP contribution in [0.3, 0.4) is 0 Å². The summed E-state index contributed by atoms with van der Waals surface area (Å²) in [5, 5.41) is 5.67. The summed E-state index contributed by atoms with van der Waals surface area (Å²) in [4.78, 5) is 24.4. The van der Waals surface area contributed by atoms with Gasteiger partial charge in [-0.2, -0.15) is 4.31 Å². The van der Waals surface area contributed by atoms with Crippen LogP contribution in [0.1, 0.15) is 29.5 Å². The van der Waals surface area contributed by atoms with Crippen LogP contribution in [0.2, 0.25) is 0 Å². The van der Waals surface area contributed by atoms with E-state index in [0.717, 1.165) is 16.8 Å². The van der Waals surface area contributed by atoms with Crippen molar-refractivity contribution >= 4 is 33.2 Å². The number of nitrogens with one attached hydrogen (secondary N) is 2. The fourth-order valence-corrected chi connectivity index (χ4v) is 5.87.